The molecule has 0 spiro atoms. The first-order valence-corrected chi connectivity index (χ1v) is 6.64. The smallest absolute Gasteiger partial charge is 0.198 e. The summed E-state index contributed by atoms with van der Waals surface area (Å²) >= 11 is 0. The Balaban J connectivity index is 1.83. The monoisotopic (exact) mass is 259 g/mol. The third kappa shape index (κ3) is 2.42. The van der Waals surface area contributed by atoms with E-state index in [0.29, 0.717) is 0 Å². The van der Waals surface area contributed by atoms with Crippen LogP contribution < -0.4 is 4.90 Å². The minimum atomic E-state index is 0.185. The molecule has 2 aromatic rings. The Kier molecular flexibility index (Phi) is 3.13. The largest absolute Gasteiger partial charge is 0.494 e. The first kappa shape index (κ1) is 12.0. The van der Waals surface area contributed by atoms with Crippen LogP contribution in [-0.2, 0) is 0 Å². The number of hydrazone groups is 1. The lowest BCUT2D eigenvalue weighted by Crippen LogP contribution is -3.11. The number of para-hydroxylation sites is 1. The van der Waals surface area contributed by atoms with Crippen LogP contribution >= 0.6 is 0 Å². The number of nitrogens with zero attached hydrogens (tertiary/aromatic N) is 2. The molecule has 1 saturated heterocycles. The van der Waals surface area contributed by atoms with Crippen molar-refractivity contribution < 1.29 is 10.0 Å². The van der Waals surface area contributed by atoms with Crippen LogP contribution in [0.25, 0.3) is 10.9 Å². The van der Waals surface area contributed by atoms with Gasteiger partial charge in [0.2, 0.25) is 0 Å². The number of hydrogen-bond donors (Lipinski definition) is 3. The van der Waals surface area contributed by atoms with Crippen LogP contribution in [-0.4, -0.2) is 54.5 Å². The predicted octanol–water partition coefficient (Wildman–Crippen LogP) is 0.0377. The molecule has 100 valence electrons. The van der Waals surface area contributed by atoms with Crippen molar-refractivity contribution >= 4 is 17.1 Å². The molecular weight excluding hydrogens is 240 g/mol. The Bertz CT molecular complexity index is 597. The van der Waals surface area contributed by atoms with Gasteiger partial charge in [-0.25, -0.2) is 0 Å². The molecule has 0 radical (unpaired) electrons. The van der Waals surface area contributed by atoms with Crippen LogP contribution in [0.3, 0.4) is 0 Å². The van der Waals surface area contributed by atoms with Crippen molar-refractivity contribution in [1.82, 2.24) is 9.99 Å². The van der Waals surface area contributed by atoms with Gasteiger partial charge in [-0.1, -0.05) is 18.2 Å². The van der Waals surface area contributed by atoms with Gasteiger partial charge in [0.25, 0.3) is 0 Å². The van der Waals surface area contributed by atoms with Crippen molar-refractivity contribution in [3.63, 3.8) is 0 Å². The summed E-state index contributed by atoms with van der Waals surface area (Å²) in [6.07, 6.45) is 1.76. The van der Waals surface area contributed by atoms with E-state index in [1.807, 2.05) is 24.3 Å². The summed E-state index contributed by atoms with van der Waals surface area (Å²) in [4.78, 5) is 4.51. The average molecular weight is 259 g/mol. The maximum Gasteiger partial charge on any atom is 0.198 e. The molecule has 3 rings (SSSR count). The van der Waals surface area contributed by atoms with Gasteiger partial charge in [-0.05, 0) is 6.07 Å². The highest BCUT2D eigenvalue weighted by Gasteiger charge is 2.15. The van der Waals surface area contributed by atoms with Crippen molar-refractivity contribution in [2.45, 2.75) is 0 Å². The minimum Gasteiger partial charge on any atom is -0.494 e. The van der Waals surface area contributed by atoms with E-state index in [0.717, 1.165) is 42.6 Å². The average Bonchev–Trinajstić information content (AvgIpc) is 2.74. The van der Waals surface area contributed by atoms with Gasteiger partial charge in [-0.2, -0.15) is 5.10 Å². The Morgan fingerprint density at radius 2 is 2.05 bits per heavy atom. The molecule has 19 heavy (non-hydrogen) atoms. The lowest BCUT2D eigenvalue weighted by Gasteiger charge is -2.27. The molecule has 0 aliphatic carbocycles. The van der Waals surface area contributed by atoms with Crippen molar-refractivity contribution in [3.05, 3.63) is 29.8 Å². The first-order valence-electron chi connectivity index (χ1n) is 6.64. The standard InChI is InChI=1S/C14H18N4O/c1-17-6-8-18(9-7-17)15-10-12-11-4-2-3-5-13(11)16-14(12)19/h2-5,10,16,19H,6-9H2,1H3/p+1/b15-10+. The van der Waals surface area contributed by atoms with Gasteiger partial charge in [-0.3, -0.25) is 5.01 Å². The Hall–Kier alpha value is -2.01. The lowest BCUT2D eigenvalue weighted by molar-refractivity contribution is -0.884. The van der Waals surface area contributed by atoms with Gasteiger partial charge < -0.3 is 15.0 Å². The molecule has 0 bridgehead atoms. The normalized spacial score (nSPS) is 17.6. The molecule has 1 aliphatic rings. The molecular formula is C14H19N4O+. The number of fused-ring (bicyclic) bond motifs is 1. The number of H-pyrrole nitrogens is 1. The van der Waals surface area contributed by atoms with Crippen LogP contribution in [0.4, 0.5) is 0 Å². The molecule has 0 unspecified atom stereocenters. The molecule has 1 fully saturated rings. The molecule has 0 amide bonds. The van der Waals surface area contributed by atoms with E-state index in [2.05, 4.69) is 22.1 Å². The summed E-state index contributed by atoms with van der Waals surface area (Å²) in [7, 11) is 2.20. The van der Waals surface area contributed by atoms with E-state index in [1.165, 1.54) is 0 Å². The summed E-state index contributed by atoms with van der Waals surface area (Å²) < 4.78 is 0. The van der Waals surface area contributed by atoms with Crippen LogP contribution in [0.1, 0.15) is 5.56 Å². The number of benzene rings is 1. The van der Waals surface area contributed by atoms with Crippen LogP contribution in [0.15, 0.2) is 29.4 Å². The van der Waals surface area contributed by atoms with Crippen molar-refractivity contribution in [1.29, 1.82) is 0 Å². The van der Waals surface area contributed by atoms with E-state index >= 15 is 0 Å². The number of likely N-dealkylation sites (N-methyl/N-ethyl adjacent to an activating group) is 1. The van der Waals surface area contributed by atoms with Crippen LogP contribution in [0.5, 0.6) is 5.88 Å². The highest BCUT2D eigenvalue weighted by molar-refractivity contribution is 6.01. The Morgan fingerprint density at radius 3 is 2.84 bits per heavy atom. The van der Waals surface area contributed by atoms with Gasteiger partial charge in [0.15, 0.2) is 5.88 Å². The predicted molar refractivity (Wildman–Crippen MR) is 75.8 cm³/mol. The molecule has 0 saturated carbocycles. The zero-order valence-electron chi connectivity index (χ0n) is 11.1. The van der Waals surface area contributed by atoms with Gasteiger partial charge in [0.1, 0.15) is 0 Å². The van der Waals surface area contributed by atoms with Crippen molar-refractivity contribution in [3.8, 4) is 5.88 Å². The molecule has 3 N–H and O–H groups in total. The second kappa shape index (κ2) is 4.93. The number of aromatic hydroxyl groups is 1. The quantitative estimate of drug-likeness (QED) is 0.667. The van der Waals surface area contributed by atoms with Crippen LogP contribution in [0.2, 0.25) is 0 Å². The van der Waals surface area contributed by atoms with E-state index in [1.54, 1.807) is 11.1 Å². The van der Waals surface area contributed by atoms with Crippen LogP contribution in [0, 0.1) is 0 Å². The van der Waals surface area contributed by atoms with Gasteiger partial charge in [0.05, 0.1) is 45.0 Å². The Morgan fingerprint density at radius 1 is 1.32 bits per heavy atom. The van der Waals surface area contributed by atoms with Crippen molar-refractivity contribution in [2.75, 3.05) is 33.2 Å². The lowest BCUT2D eigenvalue weighted by atomic mass is 10.2. The molecule has 1 aliphatic heterocycles. The molecule has 0 atom stereocenters. The maximum atomic E-state index is 9.94. The van der Waals surface area contributed by atoms with E-state index in [4.69, 9.17) is 0 Å². The summed E-state index contributed by atoms with van der Waals surface area (Å²) in [5.74, 6) is 0.185. The van der Waals surface area contributed by atoms with E-state index in [-0.39, 0.29) is 5.88 Å². The number of nitrogens with one attached hydrogen (secondary N) is 2. The second-order valence-corrected chi connectivity index (χ2v) is 5.09. The first-order chi connectivity index (χ1) is 9.24. The summed E-state index contributed by atoms with van der Waals surface area (Å²) in [6.45, 7) is 4.14. The fourth-order valence-corrected chi connectivity index (χ4v) is 2.41. The SMILES string of the molecule is C[NH+]1CCN(/N=C/c2c(O)[nH]c3ccccc23)CC1. The number of aromatic nitrogens is 1. The number of hydrogen-bond acceptors (Lipinski definition) is 3. The van der Waals surface area contributed by atoms with Crippen molar-refractivity contribution in [2.24, 2.45) is 5.10 Å². The molecule has 2 heterocycles. The Labute approximate surface area is 112 Å². The second-order valence-electron chi connectivity index (χ2n) is 5.09. The zero-order valence-corrected chi connectivity index (χ0v) is 11.1. The third-order valence-corrected chi connectivity index (χ3v) is 3.67. The number of rotatable bonds is 2. The van der Waals surface area contributed by atoms with Gasteiger partial charge in [-0.15, -0.1) is 0 Å². The fraction of sp³-hybridized carbons (Fsp3) is 0.357. The molecule has 5 heteroatoms. The summed E-state index contributed by atoms with van der Waals surface area (Å²) in [6, 6.07) is 7.85. The number of piperazine rings is 1. The van der Waals surface area contributed by atoms with E-state index in [9.17, 15) is 5.11 Å². The topological polar surface area (TPSA) is 56.1 Å². The highest BCUT2D eigenvalue weighted by atomic mass is 16.3. The fourth-order valence-electron chi connectivity index (χ4n) is 2.41. The van der Waals surface area contributed by atoms with Gasteiger partial charge >= 0.3 is 0 Å². The summed E-state index contributed by atoms with van der Waals surface area (Å²) in [5.41, 5.74) is 1.70. The zero-order chi connectivity index (χ0) is 13.2. The third-order valence-electron chi connectivity index (χ3n) is 3.67. The molecule has 5 nitrogen and oxygen atoms in total. The maximum absolute atomic E-state index is 9.94. The summed E-state index contributed by atoms with van der Waals surface area (Å²) in [5, 5.41) is 17.5. The minimum absolute atomic E-state index is 0.185. The number of aromatic amines is 1. The molecule has 1 aromatic carbocycles. The van der Waals surface area contributed by atoms with E-state index < -0.39 is 0 Å². The van der Waals surface area contributed by atoms with Gasteiger partial charge in [0, 0.05) is 10.9 Å². The molecule has 1 aromatic heterocycles. The number of quaternary nitrogens is 1. The highest BCUT2D eigenvalue weighted by Crippen LogP contribution is 2.25.